The normalized spacial score (nSPS) is 12.7. The van der Waals surface area contributed by atoms with E-state index in [0.717, 1.165) is 12.8 Å². The smallest absolute Gasteiger partial charge is 0.303 e. The summed E-state index contributed by atoms with van der Waals surface area (Å²) >= 11 is 0. The van der Waals surface area contributed by atoms with Crippen LogP contribution in [0.5, 0.6) is 0 Å². The highest BCUT2D eigenvalue weighted by molar-refractivity contribution is 5.66. The molecule has 0 saturated heterocycles. The summed E-state index contributed by atoms with van der Waals surface area (Å²) in [6.07, 6.45) is 23.1. The van der Waals surface area contributed by atoms with Crippen molar-refractivity contribution in [1.29, 1.82) is 0 Å². The quantitative estimate of drug-likeness (QED) is 0.126. The Morgan fingerprint density at radius 1 is 0.875 bits per heavy atom. The van der Waals surface area contributed by atoms with E-state index in [4.69, 9.17) is 10.4 Å². The molecule has 4 nitrogen and oxygen atoms in total. The Kier molecular flexibility index (Phi) is 16.2. The van der Waals surface area contributed by atoms with E-state index in [9.17, 15) is 4.79 Å². The van der Waals surface area contributed by atoms with Crippen LogP contribution in [-0.2, 0) is 9.68 Å². The maximum Gasteiger partial charge on any atom is 0.303 e. The predicted molar refractivity (Wildman–Crippen MR) is 98.7 cm³/mol. The van der Waals surface area contributed by atoms with E-state index < -0.39 is 5.97 Å². The molecular formula is C20H32O4. The standard InChI is InChI=1S/C20H32O4/c1-2-3-4-5-6-7-8-9-10-11-12-13-14-16-19(24-23)17-15-18-20(21)22/h6-7,9-10,12-13,16,23H,2-5,8,11,14-15,17-18H2,1H3,(H,21,22)/b7-6-,10-9-,13-12-,19-16+. The molecule has 0 fully saturated rings. The van der Waals surface area contributed by atoms with Crippen LogP contribution in [0.4, 0.5) is 0 Å². The van der Waals surface area contributed by atoms with Crippen molar-refractivity contribution >= 4 is 5.97 Å². The number of carboxylic acids is 1. The van der Waals surface area contributed by atoms with Crippen molar-refractivity contribution in [3.05, 3.63) is 48.3 Å². The van der Waals surface area contributed by atoms with Gasteiger partial charge in [0.2, 0.25) is 0 Å². The summed E-state index contributed by atoms with van der Waals surface area (Å²) in [6, 6.07) is 0. The SMILES string of the molecule is CCCCC/C=C\C/C=C\C/C=C\C/C=C(\CCCC(=O)O)OO. The molecule has 24 heavy (non-hydrogen) atoms. The van der Waals surface area contributed by atoms with E-state index in [1.165, 1.54) is 25.7 Å². The Labute approximate surface area is 146 Å². The van der Waals surface area contributed by atoms with Crippen LogP contribution in [0.25, 0.3) is 0 Å². The minimum atomic E-state index is -0.838. The molecule has 0 bridgehead atoms. The third-order valence-electron chi connectivity index (χ3n) is 3.43. The van der Waals surface area contributed by atoms with Crippen LogP contribution >= 0.6 is 0 Å². The number of rotatable bonds is 15. The molecule has 4 heteroatoms. The van der Waals surface area contributed by atoms with E-state index in [1.807, 2.05) is 6.08 Å². The van der Waals surface area contributed by atoms with Gasteiger partial charge >= 0.3 is 5.97 Å². The van der Waals surface area contributed by atoms with Crippen LogP contribution in [0, 0.1) is 0 Å². The first-order valence-corrected chi connectivity index (χ1v) is 8.88. The molecule has 136 valence electrons. The summed E-state index contributed by atoms with van der Waals surface area (Å²) < 4.78 is 0. The zero-order valence-corrected chi connectivity index (χ0v) is 14.8. The number of unbranched alkanes of at least 4 members (excludes halogenated alkanes) is 3. The Balaban J connectivity index is 3.73. The van der Waals surface area contributed by atoms with E-state index in [0.29, 0.717) is 25.0 Å². The maximum absolute atomic E-state index is 10.4. The second kappa shape index (κ2) is 17.5. The second-order valence-corrected chi connectivity index (χ2v) is 5.63. The third kappa shape index (κ3) is 16.6. The molecule has 0 rings (SSSR count). The molecule has 0 aliphatic carbocycles. The minimum absolute atomic E-state index is 0.0778. The molecule has 0 aromatic rings. The van der Waals surface area contributed by atoms with E-state index >= 15 is 0 Å². The fraction of sp³-hybridized carbons (Fsp3) is 0.550. The predicted octanol–water partition coefficient (Wildman–Crippen LogP) is 6.03. The van der Waals surface area contributed by atoms with Gasteiger partial charge < -0.3 is 9.99 Å². The summed E-state index contributed by atoms with van der Waals surface area (Å²) in [5.74, 6) is -0.417. The summed E-state index contributed by atoms with van der Waals surface area (Å²) in [6.45, 7) is 2.22. The molecule has 0 aromatic heterocycles. The lowest BCUT2D eigenvalue weighted by atomic mass is 10.2. The first kappa shape index (κ1) is 22.2. The monoisotopic (exact) mass is 336 g/mol. The number of aliphatic carboxylic acids is 1. The average Bonchev–Trinajstić information content (AvgIpc) is 2.57. The molecule has 0 saturated carbocycles. The Hall–Kier alpha value is -1.81. The van der Waals surface area contributed by atoms with Crippen molar-refractivity contribution in [3.8, 4) is 0 Å². The van der Waals surface area contributed by atoms with Gasteiger partial charge in [-0.2, -0.15) is 0 Å². The fourth-order valence-electron chi connectivity index (χ4n) is 2.07. The molecular weight excluding hydrogens is 304 g/mol. The molecule has 2 N–H and O–H groups in total. The highest BCUT2D eigenvalue weighted by atomic mass is 17.1. The molecule has 0 amide bonds. The number of carboxylic acid groups (broad SMARTS) is 1. The van der Waals surface area contributed by atoms with E-state index in [1.54, 1.807) is 6.08 Å². The highest BCUT2D eigenvalue weighted by Gasteiger charge is 2.01. The van der Waals surface area contributed by atoms with Crippen molar-refractivity contribution in [2.75, 3.05) is 0 Å². The van der Waals surface area contributed by atoms with Crippen LogP contribution in [0.15, 0.2) is 48.3 Å². The van der Waals surface area contributed by atoms with Gasteiger partial charge in [0.15, 0.2) is 0 Å². The lowest BCUT2D eigenvalue weighted by Gasteiger charge is -2.01. The zero-order chi connectivity index (χ0) is 17.9. The Bertz CT molecular complexity index is 419. The lowest BCUT2D eigenvalue weighted by molar-refractivity contribution is -0.206. The molecule has 0 spiro atoms. The molecule has 0 aromatic carbocycles. The van der Waals surface area contributed by atoms with E-state index in [2.05, 4.69) is 42.2 Å². The van der Waals surface area contributed by atoms with Gasteiger partial charge in [-0.05, 0) is 44.6 Å². The van der Waals surface area contributed by atoms with Gasteiger partial charge in [0.25, 0.3) is 0 Å². The largest absolute Gasteiger partial charge is 0.481 e. The van der Waals surface area contributed by atoms with Gasteiger partial charge in [0.1, 0.15) is 5.76 Å². The lowest BCUT2D eigenvalue weighted by Crippen LogP contribution is -1.95. The van der Waals surface area contributed by atoms with Crippen molar-refractivity contribution < 1.29 is 20.0 Å². The average molecular weight is 336 g/mol. The second-order valence-electron chi connectivity index (χ2n) is 5.63. The number of carbonyl (C=O) groups is 1. The van der Waals surface area contributed by atoms with Crippen LogP contribution in [0.1, 0.15) is 71.1 Å². The van der Waals surface area contributed by atoms with Gasteiger partial charge in [-0.3, -0.25) is 4.79 Å². The first-order valence-electron chi connectivity index (χ1n) is 8.88. The first-order chi connectivity index (χ1) is 11.7. The van der Waals surface area contributed by atoms with Crippen molar-refractivity contribution in [2.45, 2.75) is 71.1 Å². The fourth-order valence-corrected chi connectivity index (χ4v) is 2.07. The molecule has 0 unspecified atom stereocenters. The molecule has 0 aliphatic rings. The summed E-state index contributed by atoms with van der Waals surface area (Å²) in [5, 5.41) is 17.3. The van der Waals surface area contributed by atoms with Crippen molar-refractivity contribution in [3.63, 3.8) is 0 Å². The number of hydrogen-bond donors (Lipinski definition) is 2. The maximum atomic E-state index is 10.4. The summed E-state index contributed by atoms with van der Waals surface area (Å²) in [5.41, 5.74) is 0. The summed E-state index contributed by atoms with van der Waals surface area (Å²) in [7, 11) is 0. The van der Waals surface area contributed by atoms with Gasteiger partial charge in [-0.1, -0.05) is 56.2 Å². The Morgan fingerprint density at radius 2 is 1.50 bits per heavy atom. The number of allylic oxidation sites excluding steroid dienone is 8. The molecule has 0 heterocycles. The van der Waals surface area contributed by atoms with Crippen LogP contribution < -0.4 is 0 Å². The molecule has 0 aliphatic heterocycles. The number of hydrogen-bond acceptors (Lipinski definition) is 3. The molecule has 0 atom stereocenters. The van der Waals surface area contributed by atoms with Crippen LogP contribution in [0.3, 0.4) is 0 Å². The van der Waals surface area contributed by atoms with Crippen LogP contribution in [-0.4, -0.2) is 16.3 Å². The van der Waals surface area contributed by atoms with Crippen molar-refractivity contribution in [1.82, 2.24) is 0 Å². The topological polar surface area (TPSA) is 66.8 Å². The minimum Gasteiger partial charge on any atom is -0.481 e. The highest BCUT2D eigenvalue weighted by Crippen LogP contribution is 2.09. The van der Waals surface area contributed by atoms with Gasteiger partial charge in [-0.25, -0.2) is 5.26 Å². The summed E-state index contributed by atoms with van der Waals surface area (Å²) in [4.78, 5) is 14.7. The Morgan fingerprint density at radius 3 is 2.08 bits per heavy atom. The van der Waals surface area contributed by atoms with Gasteiger partial charge in [-0.15, -0.1) is 0 Å². The van der Waals surface area contributed by atoms with Crippen molar-refractivity contribution in [2.24, 2.45) is 0 Å². The van der Waals surface area contributed by atoms with Gasteiger partial charge in [0.05, 0.1) is 0 Å². The molecule has 0 radical (unpaired) electrons. The zero-order valence-electron chi connectivity index (χ0n) is 14.8. The third-order valence-corrected chi connectivity index (χ3v) is 3.43. The van der Waals surface area contributed by atoms with Crippen LogP contribution in [0.2, 0.25) is 0 Å². The van der Waals surface area contributed by atoms with E-state index in [-0.39, 0.29) is 6.42 Å². The van der Waals surface area contributed by atoms with Gasteiger partial charge in [0, 0.05) is 12.8 Å².